The molecule has 1 amide bonds. The second-order valence-corrected chi connectivity index (χ2v) is 4.17. The average molecular weight is 181 g/mol. The van der Waals surface area contributed by atoms with E-state index in [9.17, 15) is 4.79 Å². The van der Waals surface area contributed by atoms with Crippen LogP contribution in [-0.2, 0) is 4.79 Å². The van der Waals surface area contributed by atoms with Gasteiger partial charge in [0.15, 0.2) is 0 Å². The van der Waals surface area contributed by atoms with Crippen LogP contribution < -0.4 is 5.32 Å². The van der Waals surface area contributed by atoms with E-state index < -0.39 is 0 Å². The molecule has 2 heteroatoms. The van der Waals surface area contributed by atoms with E-state index in [0.29, 0.717) is 0 Å². The molecular formula is C11H19NO. The van der Waals surface area contributed by atoms with Gasteiger partial charge in [-0.25, -0.2) is 0 Å². The highest BCUT2D eigenvalue weighted by Crippen LogP contribution is 2.12. The first-order valence-electron chi connectivity index (χ1n) is 4.70. The predicted molar refractivity (Wildman–Crippen MR) is 55.1 cm³/mol. The lowest BCUT2D eigenvalue weighted by molar-refractivity contribution is -0.128. The maximum Gasteiger partial charge on any atom is 0.225 e. The van der Waals surface area contributed by atoms with Crippen molar-refractivity contribution in [3.63, 3.8) is 0 Å². The van der Waals surface area contributed by atoms with Crippen molar-refractivity contribution in [3.05, 3.63) is 0 Å². The Morgan fingerprint density at radius 1 is 1.38 bits per heavy atom. The van der Waals surface area contributed by atoms with Gasteiger partial charge in [-0.3, -0.25) is 4.79 Å². The smallest absolute Gasteiger partial charge is 0.225 e. The first kappa shape index (κ1) is 12.0. The third-order valence-corrected chi connectivity index (χ3v) is 1.71. The Balaban J connectivity index is 3.45. The number of hydrogen-bond donors (Lipinski definition) is 1. The number of amides is 1. The van der Waals surface area contributed by atoms with E-state index in [-0.39, 0.29) is 11.3 Å². The van der Waals surface area contributed by atoms with Gasteiger partial charge in [-0.15, -0.1) is 12.3 Å². The van der Waals surface area contributed by atoms with Crippen molar-refractivity contribution in [1.29, 1.82) is 0 Å². The van der Waals surface area contributed by atoms with Crippen molar-refractivity contribution in [2.45, 2.75) is 40.0 Å². The quantitative estimate of drug-likeness (QED) is 0.521. The Labute approximate surface area is 81.1 Å². The van der Waals surface area contributed by atoms with Gasteiger partial charge in [0.05, 0.1) is 0 Å². The molecule has 0 aromatic heterocycles. The lowest BCUT2D eigenvalue weighted by Crippen LogP contribution is -2.35. The zero-order valence-corrected chi connectivity index (χ0v) is 8.81. The SMILES string of the molecule is C#CCCCCNC(=O)C(C)(C)C. The maximum absolute atomic E-state index is 11.3. The minimum atomic E-state index is -0.286. The van der Waals surface area contributed by atoms with E-state index in [1.165, 1.54) is 0 Å². The summed E-state index contributed by atoms with van der Waals surface area (Å²) in [5.74, 6) is 2.68. The molecule has 74 valence electrons. The van der Waals surface area contributed by atoms with Crippen LogP contribution in [0.5, 0.6) is 0 Å². The topological polar surface area (TPSA) is 29.1 Å². The average Bonchev–Trinajstić information content (AvgIpc) is 2.02. The number of carbonyl (C=O) groups excluding carboxylic acids is 1. The molecule has 0 fully saturated rings. The molecule has 0 aliphatic heterocycles. The highest BCUT2D eigenvalue weighted by Gasteiger charge is 2.19. The summed E-state index contributed by atoms with van der Waals surface area (Å²) in [6.45, 7) is 6.45. The van der Waals surface area contributed by atoms with Gasteiger partial charge in [0, 0.05) is 18.4 Å². The van der Waals surface area contributed by atoms with Crippen LogP contribution in [-0.4, -0.2) is 12.5 Å². The Kier molecular flexibility index (Phi) is 5.22. The Morgan fingerprint density at radius 3 is 2.46 bits per heavy atom. The molecule has 0 saturated carbocycles. The Morgan fingerprint density at radius 2 is 2.00 bits per heavy atom. The maximum atomic E-state index is 11.3. The summed E-state index contributed by atoms with van der Waals surface area (Å²) < 4.78 is 0. The van der Waals surface area contributed by atoms with Crippen molar-refractivity contribution >= 4 is 5.91 Å². The van der Waals surface area contributed by atoms with E-state index in [2.05, 4.69) is 11.2 Å². The standard InChI is InChI=1S/C11H19NO/c1-5-6-7-8-9-12-10(13)11(2,3)4/h1H,6-9H2,2-4H3,(H,12,13). The summed E-state index contributed by atoms with van der Waals surface area (Å²) in [7, 11) is 0. The van der Waals surface area contributed by atoms with Gasteiger partial charge >= 0.3 is 0 Å². The van der Waals surface area contributed by atoms with Gasteiger partial charge < -0.3 is 5.32 Å². The summed E-state index contributed by atoms with van der Waals surface area (Å²) in [4.78, 5) is 11.3. The highest BCUT2D eigenvalue weighted by atomic mass is 16.2. The van der Waals surface area contributed by atoms with Crippen molar-refractivity contribution in [3.8, 4) is 12.3 Å². The normalized spacial score (nSPS) is 10.6. The number of nitrogens with one attached hydrogen (secondary N) is 1. The van der Waals surface area contributed by atoms with Crippen molar-refractivity contribution in [1.82, 2.24) is 5.32 Å². The second kappa shape index (κ2) is 5.64. The van der Waals surface area contributed by atoms with Crippen LogP contribution in [0.25, 0.3) is 0 Å². The summed E-state index contributed by atoms with van der Waals surface area (Å²) in [6, 6.07) is 0. The van der Waals surface area contributed by atoms with Crippen LogP contribution in [0.3, 0.4) is 0 Å². The molecule has 2 nitrogen and oxygen atoms in total. The van der Waals surface area contributed by atoms with Crippen LogP contribution in [0.15, 0.2) is 0 Å². The number of rotatable bonds is 4. The third kappa shape index (κ3) is 6.21. The minimum absolute atomic E-state index is 0.105. The van der Waals surface area contributed by atoms with E-state index in [1.807, 2.05) is 20.8 Å². The first-order chi connectivity index (χ1) is 5.98. The molecule has 0 spiro atoms. The van der Waals surface area contributed by atoms with Crippen LogP contribution in [0.1, 0.15) is 40.0 Å². The molecule has 0 atom stereocenters. The van der Waals surface area contributed by atoms with Crippen LogP contribution >= 0.6 is 0 Å². The molecule has 0 aliphatic rings. The van der Waals surface area contributed by atoms with Crippen LogP contribution in [0, 0.1) is 17.8 Å². The van der Waals surface area contributed by atoms with Crippen LogP contribution in [0.4, 0.5) is 0 Å². The summed E-state index contributed by atoms with van der Waals surface area (Å²) in [6.07, 6.45) is 7.85. The van der Waals surface area contributed by atoms with E-state index >= 15 is 0 Å². The van der Waals surface area contributed by atoms with E-state index in [0.717, 1.165) is 25.8 Å². The molecule has 0 heterocycles. The zero-order valence-electron chi connectivity index (χ0n) is 8.81. The molecule has 0 radical (unpaired) electrons. The number of terminal acetylenes is 1. The lowest BCUT2D eigenvalue weighted by Gasteiger charge is -2.17. The molecule has 0 rings (SSSR count). The van der Waals surface area contributed by atoms with Gasteiger partial charge in [0.2, 0.25) is 5.91 Å². The molecule has 1 N–H and O–H groups in total. The largest absolute Gasteiger partial charge is 0.356 e. The summed E-state index contributed by atoms with van der Waals surface area (Å²) >= 11 is 0. The van der Waals surface area contributed by atoms with Gasteiger partial charge in [-0.2, -0.15) is 0 Å². The summed E-state index contributed by atoms with van der Waals surface area (Å²) in [5, 5.41) is 2.87. The predicted octanol–water partition coefficient (Wildman–Crippen LogP) is 1.95. The lowest BCUT2D eigenvalue weighted by atomic mass is 9.96. The fourth-order valence-corrected chi connectivity index (χ4v) is 0.819. The summed E-state index contributed by atoms with van der Waals surface area (Å²) in [5.41, 5.74) is -0.286. The molecular weight excluding hydrogens is 162 g/mol. The third-order valence-electron chi connectivity index (χ3n) is 1.71. The number of hydrogen-bond acceptors (Lipinski definition) is 1. The molecule has 0 saturated heterocycles. The second-order valence-electron chi connectivity index (χ2n) is 4.17. The zero-order chi connectivity index (χ0) is 10.3. The van der Waals surface area contributed by atoms with Gasteiger partial charge in [-0.1, -0.05) is 20.8 Å². The number of carbonyl (C=O) groups is 1. The molecule has 0 aromatic rings. The van der Waals surface area contributed by atoms with Gasteiger partial charge in [0.25, 0.3) is 0 Å². The van der Waals surface area contributed by atoms with Gasteiger partial charge in [-0.05, 0) is 12.8 Å². The minimum Gasteiger partial charge on any atom is -0.356 e. The molecule has 0 unspecified atom stereocenters. The van der Waals surface area contributed by atoms with E-state index in [1.54, 1.807) is 0 Å². The Hall–Kier alpha value is -0.970. The van der Waals surface area contributed by atoms with E-state index in [4.69, 9.17) is 6.42 Å². The van der Waals surface area contributed by atoms with Gasteiger partial charge in [0.1, 0.15) is 0 Å². The number of unbranched alkanes of at least 4 members (excludes halogenated alkanes) is 2. The molecule has 0 bridgehead atoms. The fourth-order valence-electron chi connectivity index (χ4n) is 0.819. The highest BCUT2D eigenvalue weighted by molar-refractivity contribution is 5.81. The molecule has 0 aliphatic carbocycles. The molecule has 0 aromatic carbocycles. The van der Waals surface area contributed by atoms with Crippen molar-refractivity contribution in [2.24, 2.45) is 5.41 Å². The fraction of sp³-hybridized carbons (Fsp3) is 0.727. The first-order valence-corrected chi connectivity index (χ1v) is 4.70. The van der Waals surface area contributed by atoms with Crippen LogP contribution in [0.2, 0.25) is 0 Å². The monoisotopic (exact) mass is 181 g/mol. The van der Waals surface area contributed by atoms with Crippen molar-refractivity contribution < 1.29 is 4.79 Å². The Bertz CT molecular complexity index is 195. The van der Waals surface area contributed by atoms with Crippen molar-refractivity contribution in [2.75, 3.05) is 6.54 Å². The molecule has 13 heavy (non-hydrogen) atoms.